The second-order valence-corrected chi connectivity index (χ2v) is 8.25. The minimum atomic E-state index is -0.384. The molecule has 1 N–H and O–H groups in total. The molecule has 10 nitrogen and oxygen atoms in total. The van der Waals surface area contributed by atoms with Gasteiger partial charge in [-0.1, -0.05) is 0 Å². The molecule has 1 saturated heterocycles. The zero-order valence-electron chi connectivity index (χ0n) is 17.8. The molecule has 2 aliphatic rings. The second kappa shape index (κ2) is 8.84. The van der Waals surface area contributed by atoms with Crippen LogP contribution in [-0.4, -0.2) is 78.6 Å². The molecule has 2 aromatic rings. The molecule has 3 heterocycles. The van der Waals surface area contributed by atoms with Crippen LogP contribution >= 0.6 is 0 Å². The fourth-order valence-electron chi connectivity index (χ4n) is 4.42. The topological polar surface area (TPSA) is 108 Å². The number of nitro groups is 1. The monoisotopic (exact) mass is 425 g/mol. The fraction of sp³-hybridized carbons (Fsp3) is 0.476. The molecule has 0 saturated carbocycles. The van der Waals surface area contributed by atoms with E-state index in [1.165, 1.54) is 0 Å². The predicted octanol–water partition coefficient (Wildman–Crippen LogP) is 0.930. The minimum absolute atomic E-state index is 0.0185. The van der Waals surface area contributed by atoms with Crippen molar-refractivity contribution in [2.45, 2.75) is 12.5 Å². The first-order valence-electron chi connectivity index (χ1n) is 10.4. The van der Waals surface area contributed by atoms with E-state index < -0.39 is 0 Å². The van der Waals surface area contributed by atoms with Gasteiger partial charge in [-0.05, 0) is 32.1 Å². The number of hydrogen-bond donors (Lipinski definition) is 1. The number of carbonyl (C=O) groups excluding carboxylic acids is 1. The van der Waals surface area contributed by atoms with Crippen LogP contribution in [0.3, 0.4) is 0 Å². The van der Waals surface area contributed by atoms with Gasteiger partial charge in [0.05, 0.1) is 23.1 Å². The maximum Gasteiger partial charge on any atom is 0.269 e. The third kappa shape index (κ3) is 4.43. The molecule has 0 unspecified atom stereocenters. The standard InChI is InChI=1S/C21H27N7O3/c1-25(2)8-7-24-21(29)17-12-15-11-16(28(30)31)3-4-18(15)27-10-9-26(14-19(17)27)20-13-22-5-6-23-20/h3-6,11,13,17,19H,7-10,12,14H2,1-2H3,(H,24,29)/t17-,19+/m0/s1. The van der Waals surface area contributed by atoms with Crippen LogP contribution in [0.4, 0.5) is 17.2 Å². The highest BCUT2D eigenvalue weighted by atomic mass is 16.6. The molecule has 2 atom stereocenters. The van der Waals surface area contributed by atoms with Crippen LogP contribution < -0.4 is 15.1 Å². The number of nitro benzene ring substituents is 1. The Bertz CT molecular complexity index is 953. The van der Waals surface area contributed by atoms with Gasteiger partial charge in [-0.3, -0.25) is 19.9 Å². The molecule has 0 aliphatic carbocycles. The Morgan fingerprint density at radius 3 is 2.87 bits per heavy atom. The van der Waals surface area contributed by atoms with E-state index in [0.717, 1.165) is 30.2 Å². The summed E-state index contributed by atoms with van der Waals surface area (Å²) in [5, 5.41) is 14.3. The average Bonchev–Trinajstić information content (AvgIpc) is 2.78. The molecule has 164 valence electrons. The number of benzene rings is 1. The van der Waals surface area contributed by atoms with Gasteiger partial charge in [-0.15, -0.1) is 0 Å². The maximum absolute atomic E-state index is 13.2. The summed E-state index contributed by atoms with van der Waals surface area (Å²) >= 11 is 0. The van der Waals surface area contributed by atoms with Crippen LogP contribution in [0.2, 0.25) is 0 Å². The van der Waals surface area contributed by atoms with Crippen molar-refractivity contribution in [1.29, 1.82) is 0 Å². The van der Waals surface area contributed by atoms with Crippen LogP contribution in [-0.2, 0) is 11.2 Å². The quantitative estimate of drug-likeness (QED) is 0.538. The summed E-state index contributed by atoms with van der Waals surface area (Å²) in [6.45, 7) is 3.39. The van der Waals surface area contributed by atoms with Gasteiger partial charge in [-0.25, -0.2) is 4.98 Å². The zero-order chi connectivity index (χ0) is 22.0. The van der Waals surface area contributed by atoms with Crippen LogP contribution in [0.15, 0.2) is 36.8 Å². The molecule has 0 spiro atoms. The van der Waals surface area contributed by atoms with Crippen LogP contribution in [0.1, 0.15) is 5.56 Å². The van der Waals surface area contributed by atoms with E-state index >= 15 is 0 Å². The Kier molecular flexibility index (Phi) is 5.99. The highest BCUT2D eigenvalue weighted by molar-refractivity contribution is 5.82. The van der Waals surface area contributed by atoms with Gasteiger partial charge in [0.2, 0.25) is 5.91 Å². The van der Waals surface area contributed by atoms with Crippen molar-refractivity contribution in [3.05, 3.63) is 52.5 Å². The number of non-ortho nitro benzene ring substituents is 1. The fourth-order valence-corrected chi connectivity index (χ4v) is 4.42. The normalized spacial score (nSPS) is 20.2. The number of nitrogens with zero attached hydrogens (tertiary/aromatic N) is 6. The molecule has 4 rings (SSSR count). The van der Waals surface area contributed by atoms with Crippen LogP contribution in [0.25, 0.3) is 0 Å². The van der Waals surface area contributed by atoms with Crippen molar-refractivity contribution < 1.29 is 9.72 Å². The largest absolute Gasteiger partial charge is 0.364 e. The number of rotatable bonds is 6. The van der Waals surface area contributed by atoms with Gasteiger partial charge in [-0.2, -0.15) is 0 Å². The molecular formula is C21H27N7O3. The molecule has 1 aromatic heterocycles. The lowest BCUT2D eigenvalue weighted by Gasteiger charge is -2.49. The Morgan fingerprint density at radius 2 is 2.16 bits per heavy atom. The highest BCUT2D eigenvalue weighted by Crippen LogP contribution is 2.38. The van der Waals surface area contributed by atoms with E-state index in [2.05, 4.69) is 25.1 Å². The number of piperazine rings is 1. The molecule has 0 bridgehead atoms. The first-order valence-corrected chi connectivity index (χ1v) is 10.4. The lowest BCUT2D eigenvalue weighted by molar-refractivity contribution is -0.384. The number of likely N-dealkylation sites (N-methyl/N-ethyl adjacent to an activating group) is 1. The number of hydrogen-bond acceptors (Lipinski definition) is 8. The summed E-state index contributed by atoms with van der Waals surface area (Å²) in [4.78, 5) is 39.1. The average molecular weight is 425 g/mol. The summed E-state index contributed by atoms with van der Waals surface area (Å²) < 4.78 is 0. The minimum Gasteiger partial charge on any atom is -0.364 e. The zero-order valence-corrected chi connectivity index (χ0v) is 17.8. The van der Waals surface area contributed by atoms with E-state index in [0.29, 0.717) is 26.1 Å². The molecule has 2 aliphatic heterocycles. The first kappa shape index (κ1) is 21.0. The van der Waals surface area contributed by atoms with Gasteiger partial charge >= 0.3 is 0 Å². The summed E-state index contributed by atoms with van der Waals surface area (Å²) in [6, 6.07) is 4.92. The smallest absolute Gasteiger partial charge is 0.269 e. The lowest BCUT2D eigenvalue weighted by atomic mass is 9.83. The molecule has 10 heteroatoms. The van der Waals surface area contributed by atoms with Crippen LogP contribution in [0, 0.1) is 16.0 Å². The third-order valence-corrected chi connectivity index (χ3v) is 5.97. The molecule has 1 fully saturated rings. The lowest BCUT2D eigenvalue weighted by Crippen LogP contribution is -2.61. The second-order valence-electron chi connectivity index (χ2n) is 8.25. The molecule has 31 heavy (non-hydrogen) atoms. The maximum atomic E-state index is 13.2. The summed E-state index contributed by atoms with van der Waals surface area (Å²) in [5.74, 6) is 0.467. The first-order chi connectivity index (χ1) is 14.9. The van der Waals surface area contributed by atoms with Gasteiger partial charge in [0.25, 0.3) is 5.69 Å². The van der Waals surface area contributed by atoms with Crippen molar-refractivity contribution in [3.63, 3.8) is 0 Å². The van der Waals surface area contributed by atoms with Crippen molar-refractivity contribution in [2.24, 2.45) is 5.92 Å². The van der Waals surface area contributed by atoms with E-state index in [4.69, 9.17) is 0 Å². The molecule has 0 radical (unpaired) electrons. The van der Waals surface area contributed by atoms with Gasteiger partial charge in [0.15, 0.2) is 0 Å². The molecular weight excluding hydrogens is 398 g/mol. The Hall–Kier alpha value is -3.27. The van der Waals surface area contributed by atoms with Crippen molar-refractivity contribution in [1.82, 2.24) is 20.2 Å². The van der Waals surface area contributed by atoms with Gasteiger partial charge in [0, 0.05) is 62.9 Å². The van der Waals surface area contributed by atoms with E-state index in [-0.39, 0.29) is 28.5 Å². The van der Waals surface area contributed by atoms with E-state index in [1.54, 1.807) is 30.7 Å². The highest BCUT2D eigenvalue weighted by Gasteiger charge is 2.42. The molecule has 1 amide bonds. The Labute approximate surface area is 181 Å². The predicted molar refractivity (Wildman–Crippen MR) is 117 cm³/mol. The number of nitrogens with one attached hydrogen (secondary N) is 1. The number of amides is 1. The Morgan fingerprint density at radius 1 is 1.32 bits per heavy atom. The van der Waals surface area contributed by atoms with E-state index in [1.807, 2.05) is 25.1 Å². The number of carbonyl (C=O) groups is 1. The van der Waals surface area contributed by atoms with Gasteiger partial charge in [0.1, 0.15) is 5.82 Å². The number of anilines is 2. The number of fused-ring (bicyclic) bond motifs is 3. The number of aromatic nitrogens is 2. The Balaban J connectivity index is 1.62. The van der Waals surface area contributed by atoms with Crippen molar-refractivity contribution in [3.8, 4) is 0 Å². The summed E-state index contributed by atoms with van der Waals surface area (Å²) in [7, 11) is 3.92. The summed E-state index contributed by atoms with van der Waals surface area (Å²) in [6.07, 6.45) is 5.52. The van der Waals surface area contributed by atoms with Crippen molar-refractivity contribution in [2.75, 3.05) is 56.6 Å². The van der Waals surface area contributed by atoms with Crippen molar-refractivity contribution >= 4 is 23.1 Å². The third-order valence-electron chi connectivity index (χ3n) is 5.97. The van der Waals surface area contributed by atoms with Gasteiger partial charge < -0.3 is 20.0 Å². The summed E-state index contributed by atoms with van der Waals surface area (Å²) in [5.41, 5.74) is 1.89. The SMILES string of the molecule is CN(C)CCNC(=O)[C@H]1Cc2cc([N+](=O)[O-])ccc2N2CCN(c3cnccn3)C[C@H]12. The van der Waals surface area contributed by atoms with E-state index in [9.17, 15) is 14.9 Å². The molecule has 1 aromatic carbocycles. The van der Waals surface area contributed by atoms with Crippen LogP contribution in [0.5, 0.6) is 0 Å².